The first-order valence-corrected chi connectivity index (χ1v) is 16.5. The largest absolute Gasteiger partial charge is 0.352 e. The Bertz CT molecular complexity index is 1570. The maximum Gasteiger partial charge on any atom is 0.269 e. The van der Waals surface area contributed by atoms with Crippen molar-refractivity contribution in [2.75, 3.05) is 6.54 Å². The molecule has 9 heteroatoms. The molecule has 0 unspecified atom stereocenters. The molecule has 1 aliphatic carbocycles. The molecule has 2 aliphatic rings. The van der Waals surface area contributed by atoms with Crippen molar-refractivity contribution in [1.29, 1.82) is 0 Å². The van der Waals surface area contributed by atoms with Crippen molar-refractivity contribution in [2.45, 2.75) is 81.8 Å². The molecule has 0 spiro atoms. The highest BCUT2D eigenvalue weighted by Gasteiger charge is 2.40. The second-order valence-electron chi connectivity index (χ2n) is 11.5. The van der Waals surface area contributed by atoms with Crippen LogP contribution in [0.3, 0.4) is 0 Å². The summed E-state index contributed by atoms with van der Waals surface area (Å²) in [5.41, 5.74) is 3.05. The number of amides is 3. The normalized spacial score (nSPS) is 16.9. The van der Waals surface area contributed by atoms with Gasteiger partial charge in [-0.25, -0.2) is 12.7 Å². The topological polar surface area (TPSA) is 104 Å². The van der Waals surface area contributed by atoms with Crippen molar-refractivity contribution >= 4 is 27.7 Å². The number of nitrogens with one attached hydrogen (secondary N) is 1. The Labute approximate surface area is 254 Å². The van der Waals surface area contributed by atoms with Gasteiger partial charge in [-0.15, -0.1) is 0 Å². The summed E-state index contributed by atoms with van der Waals surface area (Å²) in [7, 11) is -3.96. The van der Waals surface area contributed by atoms with Crippen molar-refractivity contribution in [3.8, 4) is 0 Å². The Balaban J connectivity index is 1.37. The summed E-state index contributed by atoms with van der Waals surface area (Å²) < 4.78 is 26.9. The van der Waals surface area contributed by atoms with Gasteiger partial charge in [-0.3, -0.25) is 14.4 Å². The first-order chi connectivity index (χ1) is 20.7. The molecule has 226 valence electrons. The SMILES string of the molecule is Cc1cccc(CN(C(=O)CCCN2C(=O)c3ccccc3S2(=O)=O)[C@@H](Cc2ccccc2)C(=O)NC2CCCCC2)c1. The van der Waals surface area contributed by atoms with Crippen LogP contribution in [0.2, 0.25) is 0 Å². The lowest BCUT2D eigenvalue weighted by Crippen LogP contribution is -2.53. The summed E-state index contributed by atoms with van der Waals surface area (Å²) in [6, 6.07) is 23.0. The van der Waals surface area contributed by atoms with Crippen LogP contribution >= 0.6 is 0 Å². The van der Waals surface area contributed by atoms with E-state index in [1.54, 1.807) is 17.0 Å². The van der Waals surface area contributed by atoms with E-state index in [1.807, 2.05) is 61.5 Å². The van der Waals surface area contributed by atoms with Crippen LogP contribution in [-0.2, 0) is 32.6 Å². The van der Waals surface area contributed by atoms with Crippen LogP contribution in [0.4, 0.5) is 0 Å². The van der Waals surface area contributed by atoms with E-state index in [4.69, 9.17) is 0 Å². The third-order valence-corrected chi connectivity index (χ3v) is 10.2. The molecule has 5 rings (SSSR count). The highest BCUT2D eigenvalue weighted by Crippen LogP contribution is 2.30. The second-order valence-corrected chi connectivity index (χ2v) is 13.4. The summed E-state index contributed by atoms with van der Waals surface area (Å²) in [6.07, 6.45) is 5.65. The van der Waals surface area contributed by atoms with Crippen molar-refractivity contribution in [2.24, 2.45) is 0 Å². The number of hydrogen-bond donors (Lipinski definition) is 1. The fraction of sp³-hybridized carbons (Fsp3) is 0.382. The molecule has 3 aromatic carbocycles. The molecule has 1 aliphatic heterocycles. The third kappa shape index (κ3) is 7.16. The van der Waals surface area contributed by atoms with Gasteiger partial charge in [0, 0.05) is 32.0 Å². The molecule has 0 radical (unpaired) electrons. The lowest BCUT2D eigenvalue weighted by molar-refractivity contribution is -0.141. The van der Waals surface area contributed by atoms with Gasteiger partial charge in [-0.1, -0.05) is 91.6 Å². The molecule has 43 heavy (non-hydrogen) atoms. The summed E-state index contributed by atoms with van der Waals surface area (Å²) in [5, 5.41) is 3.23. The van der Waals surface area contributed by atoms with Crippen LogP contribution in [0.25, 0.3) is 0 Å². The smallest absolute Gasteiger partial charge is 0.269 e. The van der Waals surface area contributed by atoms with Gasteiger partial charge in [0.05, 0.1) is 5.56 Å². The van der Waals surface area contributed by atoms with Crippen LogP contribution in [0.1, 0.15) is 72.0 Å². The minimum Gasteiger partial charge on any atom is -0.352 e. The van der Waals surface area contributed by atoms with E-state index in [0.717, 1.165) is 53.1 Å². The molecule has 3 amide bonds. The second kappa shape index (κ2) is 13.5. The number of rotatable bonds is 11. The van der Waals surface area contributed by atoms with Gasteiger partial charge in [-0.2, -0.15) is 0 Å². The van der Waals surface area contributed by atoms with E-state index >= 15 is 0 Å². The average molecular weight is 602 g/mol. The number of aryl methyl sites for hydroxylation is 1. The molecule has 3 aromatic rings. The number of carbonyl (C=O) groups is 3. The van der Waals surface area contributed by atoms with Gasteiger partial charge in [0.2, 0.25) is 11.8 Å². The number of benzene rings is 3. The maximum atomic E-state index is 14.0. The Morgan fingerprint density at radius 2 is 1.63 bits per heavy atom. The van der Waals surface area contributed by atoms with Crippen molar-refractivity contribution < 1.29 is 22.8 Å². The number of hydrogen-bond acceptors (Lipinski definition) is 5. The number of fused-ring (bicyclic) bond motifs is 1. The van der Waals surface area contributed by atoms with E-state index in [0.29, 0.717) is 6.42 Å². The standard InChI is InChI=1S/C34H39N3O5S/c1-25-12-10-15-27(22-25)24-36(30(23-26-13-4-2-5-14-26)33(39)35-28-16-6-3-7-17-28)32(38)20-11-21-37-34(40)29-18-8-9-19-31(29)43(37,41)42/h2,4-5,8-10,12-15,18-19,22,28,30H,3,6-7,11,16-17,20-21,23-24H2,1H3,(H,35,39)/t30-/m0/s1. The molecule has 1 fully saturated rings. The zero-order chi connectivity index (χ0) is 30.4. The highest BCUT2D eigenvalue weighted by molar-refractivity contribution is 7.90. The fourth-order valence-electron chi connectivity index (χ4n) is 6.08. The van der Waals surface area contributed by atoms with Gasteiger partial charge in [0.25, 0.3) is 15.9 Å². The molecular weight excluding hydrogens is 562 g/mol. The molecule has 1 heterocycles. The molecule has 1 atom stereocenters. The van der Waals surface area contributed by atoms with Crippen molar-refractivity contribution in [3.63, 3.8) is 0 Å². The first kappa shape index (κ1) is 30.5. The van der Waals surface area contributed by atoms with Crippen LogP contribution in [-0.4, -0.2) is 54.0 Å². The molecule has 0 saturated heterocycles. The Hall–Kier alpha value is -3.98. The van der Waals surface area contributed by atoms with E-state index in [9.17, 15) is 22.8 Å². The summed E-state index contributed by atoms with van der Waals surface area (Å²) in [5.74, 6) is -1.01. The van der Waals surface area contributed by atoms with Crippen molar-refractivity contribution in [1.82, 2.24) is 14.5 Å². The van der Waals surface area contributed by atoms with Crippen molar-refractivity contribution in [3.05, 3.63) is 101 Å². The van der Waals surface area contributed by atoms with Gasteiger partial charge >= 0.3 is 0 Å². The van der Waals surface area contributed by atoms with E-state index < -0.39 is 22.0 Å². The Kier molecular flexibility index (Phi) is 9.60. The molecule has 1 saturated carbocycles. The Morgan fingerprint density at radius 1 is 0.930 bits per heavy atom. The monoisotopic (exact) mass is 601 g/mol. The summed E-state index contributed by atoms with van der Waals surface area (Å²) in [6.45, 7) is 2.11. The summed E-state index contributed by atoms with van der Waals surface area (Å²) in [4.78, 5) is 42.4. The molecule has 1 N–H and O–H groups in total. The molecule has 8 nitrogen and oxygen atoms in total. The van der Waals surface area contributed by atoms with Gasteiger partial charge in [-0.05, 0) is 49.4 Å². The van der Waals surface area contributed by atoms with E-state index in [2.05, 4.69) is 5.32 Å². The minimum absolute atomic E-state index is 0.00490. The van der Waals surface area contributed by atoms with Crippen LogP contribution < -0.4 is 5.32 Å². The third-order valence-electron chi connectivity index (χ3n) is 8.32. The molecule has 0 aromatic heterocycles. The van der Waals surface area contributed by atoms with Gasteiger partial charge in [0.1, 0.15) is 10.9 Å². The van der Waals surface area contributed by atoms with Crippen LogP contribution in [0, 0.1) is 6.92 Å². The number of nitrogens with zero attached hydrogens (tertiary/aromatic N) is 2. The average Bonchev–Trinajstić information content (AvgIpc) is 3.20. The lowest BCUT2D eigenvalue weighted by Gasteiger charge is -2.33. The quantitative estimate of drug-likeness (QED) is 0.333. The zero-order valence-corrected chi connectivity index (χ0v) is 25.4. The molecule has 0 bridgehead atoms. The van der Waals surface area contributed by atoms with E-state index in [-0.39, 0.29) is 54.2 Å². The van der Waals surface area contributed by atoms with Crippen LogP contribution in [0.5, 0.6) is 0 Å². The van der Waals surface area contributed by atoms with Gasteiger partial charge < -0.3 is 10.2 Å². The van der Waals surface area contributed by atoms with Gasteiger partial charge in [0.15, 0.2) is 0 Å². The molecular formula is C34H39N3O5S. The Morgan fingerprint density at radius 3 is 2.35 bits per heavy atom. The number of carbonyl (C=O) groups excluding carboxylic acids is 3. The van der Waals surface area contributed by atoms with Crippen LogP contribution in [0.15, 0.2) is 83.8 Å². The summed E-state index contributed by atoms with van der Waals surface area (Å²) >= 11 is 0. The first-order valence-electron chi connectivity index (χ1n) is 15.1. The predicted molar refractivity (Wildman–Crippen MR) is 165 cm³/mol. The van der Waals surface area contributed by atoms with E-state index in [1.165, 1.54) is 12.1 Å². The zero-order valence-electron chi connectivity index (χ0n) is 24.6. The minimum atomic E-state index is -3.96. The fourth-order valence-corrected chi connectivity index (χ4v) is 7.68. The number of sulfonamides is 1. The lowest BCUT2D eigenvalue weighted by atomic mass is 9.94. The maximum absolute atomic E-state index is 14.0. The predicted octanol–water partition coefficient (Wildman–Crippen LogP) is 5.01. The highest BCUT2D eigenvalue weighted by atomic mass is 32.2.